The summed E-state index contributed by atoms with van der Waals surface area (Å²) < 4.78 is 0. The zero-order valence-corrected chi connectivity index (χ0v) is 11.4. The van der Waals surface area contributed by atoms with Crippen LogP contribution in [0.25, 0.3) is 0 Å². The predicted octanol–water partition coefficient (Wildman–Crippen LogP) is 3.67. The van der Waals surface area contributed by atoms with Crippen LogP contribution in [0.15, 0.2) is 24.3 Å². The normalized spacial score (nSPS) is 11.0. The molecule has 4 heteroatoms. The van der Waals surface area contributed by atoms with Crippen molar-refractivity contribution in [2.24, 2.45) is 5.41 Å². The minimum atomic E-state index is 0.214. The highest BCUT2D eigenvalue weighted by atomic mass is 35.5. The lowest BCUT2D eigenvalue weighted by Gasteiger charge is -2.20. The molecule has 0 heterocycles. The van der Waals surface area contributed by atoms with Gasteiger partial charge in [-0.25, -0.2) is 0 Å². The first-order valence-corrected chi connectivity index (χ1v) is 5.96. The molecule has 0 bridgehead atoms. The van der Waals surface area contributed by atoms with Gasteiger partial charge in [0.05, 0.1) is 0 Å². The number of hydrogen-bond acceptors (Lipinski definition) is 1. The largest absolute Gasteiger partial charge is 0.362 e. The summed E-state index contributed by atoms with van der Waals surface area (Å²) in [4.78, 5) is 0. The fraction of sp³-hybridized carbons (Fsp3) is 0.417. The van der Waals surface area contributed by atoms with Crippen LogP contribution in [0.5, 0.6) is 0 Å². The molecule has 88 valence electrons. The lowest BCUT2D eigenvalue weighted by atomic mass is 9.97. The minimum absolute atomic E-state index is 0.214. The SMILES string of the molecule is CC(C)(C)CNC(=S)Nc1ccc(Cl)cc1. The van der Waals surface area contributed by atoms with Crippen LogP contribution < -0.4 is 10.6 Å². The number of benzene rings is 1. The molecule has 0 unspecified atom stereocenters. The molecule has 0 aliphatic rings. The van der Waals surface area contributed by atoms with Crippen molar-refractivity contribution in [3.8, 4) is 0 Å². The summed E-state index contributed by atoms with van der Waals surface area (Å²) in [5, 5.41) is 7.63. The standard InChI is InChI=1S/C12H17ClN2S/c1-12(2,3)8-14-11(16)15-10-6-4-9(13)5-7-10/h4-7H,8H2,1-3H3,(H2,14,15,16). The van der Waals surface area contributed by atoms with Crippen molar-refractivity contribution in [1.82, 2.24) is 5.32 Å². The van der Waals surface area contributed by atoms with Crippen LogP contribution in [0.1, 0.15) is 20.8 Å². The van der Waals surface area contributed by atoms with Gasteiger partial charge < -0.3 is 10.6 Å². The summed E-state index contributed by atoms with van der Waals surface area (Å²) in [6.45, 7) is 7.31. The van der Waals surface area contributed by atoms with Crippen molar-refractivity contribution in [3.63, 3.8) is 0 Å². The van der Waals surface area contributed by atoms with Crippen molar-refractivity contribution < 1.29 is 0 Å². The third-order valence-corrected chi connectivity index (χ3v) is 2.38. The third-order valence-electron chi connectivity index (χ3n) is 1.88. The van der Waals surface area contributed by atoms with Gasteiger partial charge in [0.1, 0.15) is 0 Å². The van der Waals surface area contributed by atoms with Gasteiger partial charge in [0.2, 0.25) is 0 Å². The first-order chi connectivity index (χ1) is 7.37. The average molecular weight is 257 g/mol. The first kappa shape index (κ1) is 13.3. The fourth-order valence-corrected chi connectivity index (χ4v) is 1.37. The van der Waals surface area contributed by atoms with E-state index in [1.54, 1.807) is 0 Å². The number of halogens is 1. The maximum atomic E-state index is 5.79. The highest BCUT2D eigenvalue weighted by molar-refractivity contribution is 7.80. The molecule has 0 saturated carbocycles. The number of hydrogen-bond donors (Lipinski definition) is 2. The summed E-state index contributed by atoms with van der Waals surface area (Å²) in [6, 6.07) is 7.45. The van der Waals surface area contributed by atoms with E-state index in [1.165, 1.54) is 0 Å². The molecule has 0 aromatic heterocycles. The van der Waals surface area contributed by atoms with Crippen molar-refractivity contribution in [2.75, 3.05) is 11.9 Å². The van der Waals surface area contributed by atoms with E-state index in [2.05, 4.69) is 31.4 Å². The number of thiocarbonyl (C=S) groups is 1. The highest BCUT2D eigenvalue weighted by Crippen LogP contribution is 2.14. The van der Waals surface area contributed by atoms with Gasteiger partial charge in [-0.1, -0.05) is 32.4 Å². The Morgan fingerprint density at radius 2 is 1.81 bits per heavy atom. The molecular weight excluding hydrogens is 240 g/mol. The lowest BCUT2D eigenvalue weighted by Crippen LogP contribution is -2.35. The Bertz CT molecular complexity index is 354. The van der Waals surface area contributed by atoms with Gasteiger partial charge in [-0.15, -0.1) is 0 Å². The van der Waals surface area contributed by atoms with E-state index in [4.69, 9.17) is 23.8 Å². The smallest absolute Gasteiger partial charge is 0.170 e. The summed E-state index contributed by atoms with van der Waals surface area (Å²) in [7, 11) is 0. The Labute approximate surface area is 107 Å². The Morgan fingerprint density at radius 3 is 2.31 bits per heavy atom. The second-order valence-electron chi connectivity index (χ2n) is 4.88. The molecule has 16 heavy (non-hydrogen) atoms. The summed E-state index contributed by atoms with van der Waals surface area (Å²) in [6.07, 6.45) is 0. The zero-order chi connectivity index (χ0) is 12.2. The topological polar surface area (TPSA) is 24.1 Å². The minimum Gasteiger partial charge on any atom is -0.362 e. The van der Waals surface area contributed by atoms with Crippen molar-refractivity contribution >= 4 is 34.6 Å². The molecule has 0 saturated heterocycles. The van der Waals surface area contributed by atoms with E-state index in [0.29, 0.717) is 5.11 Å². The van der Waals surface area contributed by atoms with E-state index in [1.807, 2.05) is 24.3 Å². The number of rotatable bonds is 2. The monoisotopic (exact) mass is 256 g/mol. The Kier molecular flexibility index (Phi) is 4.56. The van der Waals surface area contributed by atoms with Crippen LogP contribution in [0.3, 0.4) is 0 Å². The Hall–Kier alpha value is -0.800. The van der Waals surface area contributed by atoms with E-state index in [-0.39, 0.29) is 5.41 Å². The van der Waals surface area contributed by atoms with Gasteiger partial charge in [-0.05, 0) is 41.9 Å². The molecule has 2 nitrogen and oxygen atoms in total. The molecule has 0 radical (unpaired) electrons. The molecule has 0 aliphatic carbocycles. The van der Waals surface area contributed by atoms with Crippen molar-refractivity contribution in [3.05, 3.63) is 29.3 Å². The Morgan fingerprint density at radius 1 is 1.25 bits per heavy atom. The quantitative estimate of drug-likeness (QED) is 0.790. The second-order valence-corrected chi connectivity index (χ2v) is 5.72. The van der Waals surface area contributed by atoms with Crippen LogP contribution in [0, 0.1) is 5.41 Å². The lowest BCUT2D eigenvalue weighted by molar-refractivity contribution is 0.409. The van der Waals surface area contributed by atoms with E-state index < -0.39 is 0 Å². The van der Waals surface area contributed by atoms with Gasteiger partial charge in [0.15, 0.2) is 5.11 Å². The number of anilines is 1. The molecule has 0 atom stereocenters. The average Bonchev–Trinajstić information content (AvgIpc) is 2.18. The van der Waals surface area contributed by atoms with E-state index in [9.17, 15) is 0 Å². The van der Waals surface area contributed by atoms with Gasteiger partial charge >= 0.3 is 0 Å². The molecule has 1 aromatic carbocycles. The second kappa shape index (κ2) is 5.51. The highest BCUT2D eigenvalue weighted by Gasteiger charge is 2.10. The van der Waals surface area contributed by atoms with Crippen LogP contribution >= 0.6 is 23.8 Å². The maximum Gasteiger partial charge on any atom is 0.170 e. The molecule has 0 fully saturated rings. The predicted molar refractivity (Wildman–Crippen MR) is 75.1 cm³/mol. The molecule has 1 rings (SSSR count). The molecule has 0 spiro atoms. The number of nitrogens with one attached hydrogen (secondary N) is 2. The van der Waals surface area contributed by atoms with Gasteiger partial charge in [-0.3, -0.25) is 0 Å². The van der Waals surface area contributed by atoms with Crippen LogP contribution in [-0.2, 0) is 0 Å². The van der Waals surface area contributed by atoms with Gasteiger partial charge in [-0.2, -0.15) is 0 Å². The third kappa shape index (κ3) is 5.33. The molecule has 1 aromatic rings. The Balaban J connectivity index is 2.43. The summed E-state index contributed by atoms with van der Waals surface area (Å²) in [5.74, 6) is 0. The zero-order valence-electron chi connectivity index (χ0n) is 9.80. The van der Waals surface area contributed by atoms with Gasteiger partial charge in [0.25, 0.3) is 0 Å². The molecule has 0 amide bonds. The van der Waals surface area contributed by atoms with Crippen LogP contribution in [-0.4, -0.2) is 11.7 Å². The van der Waals surface area contributed by atoms with Crippen LogP contribution in [0.4, 0.5) is 5.69 Å². The molecular formula is C12H17ClN2S. The maximum absolute atomic E-state index is 5.79. The first-order valence-electron chi connectivity index (χ1n) is 5.17. The van der Waals surface area contributed by atoms with Crippen molar-refractivity contribution in [1.29, 1.82) is 0 Å². The summed E-state index contributed by atoms with van der Waals surface area (Å²) >= 11 is 11.0. The van der Waals surface area contributed by atoms with Gasteiger partial charge in [0, 0.05) is 17.3 Å². The molecule has 0 aliphatic heterocycles. The fourth-order valence-electron chi connectivity index (χ4n) is 1.05. The van der Waals surface area contributed by atoms with Crippen LogP contribution in [0.2, 0.25) is 5.02 Å². The van der Waals surface area contributed by atoms with Crippen molar-refractivity contribution in [2.45, 2.75) is 20.8 Å². The molecule has 2 N–H and O–H groups in total. The van der Waals surface area contributed by atoms with E-state index >= 15 is 0 Å². The summed E-state index contributed by atoms with van der Waals surface area (Å²) in [5.41, 5.74) is 1.15. The van der Waals surface area contributed by atoms with E-state index in [0.717, 1.165) is 17.3 Å².